The van der Waals surface area contributed by atoms with Gasteiger partial charge in [0.05, 0.1) is 5.56 Å². The Kier molecular flexibility index (Phi) is 5.26. The standard InChI is InChI=1S/C17H19F3N4O2/c1-12-21-22-15(26-12)6-7-23-8-10-24(11-9-23)16(25)13-2-4-14(5-3-13)17(18,19)20/h2-5H,6-11H2,1H3. The van der Waals surface area contributed by atoms with Crippen LogP contribution in [0.1, 0.15) is 27.7 Å². The van der Waals surface area contributed by atoms with Gasteiger partial charge in [0.2, 0.25) is 11.8 Å². The smallest absolute Gasteiger partial charge is 0.416 e. The lowest BCUT2D eigenvalue weighted by Gasteiger charge is -2.34. The minimum atomic E-state index is -4.40. The van der Waals surface area contributed by atoms with Crippen molar-refractivity contribution in [2.75, 3.05) is 32.7 Å². The Morgan fingerprint density at radius 3 is 2.31 bits per heavy atom. The van der Waals surface area contributed by atoms with E-state index >= 15 is 0 Å². The average molecular weight is 368 g/mol. The van der Waals surface area contributed by atoms with Crippen LogP contribution < -0.4 is 0 Å². The Bertz CT molecular complexity index is 750. The van der Waals surface area contributed by atoms with Crippen molar-refractivity contribution in [3.8, 4) is 0 Å². The van der Waals surface area contributed by atoms with E-state index in [0.717, 1.165) is 18.7 Å². The van der Waals surface area contributed by atoms with Crippen LogP contribution in [0.2, 0.25) is 0 Å². The first-order valence-corrected chi connectivity index (χ1v) is 8.31. The largest absolute Gasteiger partial charge is 0.426 e. The van der Waals surface area contributed by atoms with Gasteiger partial charge in [-0.15, -0.1) is 10.2 Å². The van der Waals surface area contributed by atoms with Gasteiger partial charge in [-0.1, -0.05) is 0 Å². The molecular formula is C17H19F3N4O2. The van der Waals surface area contributed by atoms with Crippen molar-refractivity contribution in [2.24, 2.45) is 0 Å². The number of carbonyl (C=O) groups excluding carboxylic acids is 1. The Balaban J connectivity index is 1.50. The van der Waals surface area contributed by atoms with E-state index in [1.54, 1.807) is 11.8 Å². The summed E-state index contributed by atoms with van der Waals surface area (Å²) in [5.74, 6) is 0.878. The topological polar surface area (TPSA) is 62.5 Å². The highest BCUT2D eigenvalue weighted by Gasteiger charge is 2.30. The summed E-state index contributed by atoms with van der Waals surface area (Å²) in [4.78, 5) is 16.3. The number of benzene rings is 1. The van der Waals surface area contributed by atoms with Crippen LogP contribution in [0.25, 0.3) is 0 Å². The highest BCUT2D eigenvalue weighted by molar-refractivity contribution is 5.94. The van der Waals surface area contributed by atoms with Crippen LogP contribution >= 0.6 is 0 Å². The first-order valence-electron chi connectivity index (χ1n) is 8.31. The Morgan fingerprint density at radius 1 is 1.12 bits per heavy atom. The molecule has 0 unspecified atom stereocenters. The second kappa shape index (κ2) is 7.45. The number of amides is 1. The zero-order chi connectivity index (χ0) is 18.7. The molecule has 0 bridgehead atoms. The molecule has 1 fully saturated rings. The molecule has 0 N–H and O–H groups in total. The van der Waals surface area contributed by atoms with Crippen LogP contribution in [0, 0.1) is 6.92 Å². The van der Waals surface area contributed by atoms with E-state index in [1.807, 2.05) is 0 Å². The van der Waals surface area contributed by atoms with Crippen molar-refractivity contribution >= 4 is 5.91 Å². The molecule has 0 aliphatic carbocycles. The summed E-state index contributed by atoms with van der Waals surface area (Å²) in [6.45, 7) is 4.94. The molecular weight excluding hydrogens is 349 g/mol. The monoisotopic (exact) mass is 368 g/mol. The lowest BCUT2D eigenvalue weighted by atomic mass is 10.1. The number of carbonyl (C=O) groups is 1. The SMILES string of the molecule is Cc1nnc(CCN2CCN(C(=O)c3ccc(C(F)(F)F)cc3)CC2)o1. The molecule has 0 atom stereocenters. The summed E-state index contributed by atoms with van der Waals surface area (Å²) in [6, 6.07) is 4.34. The van der Waals surface area contributed by atoms with Gasteiger partial charge in [0, 0.05) is 51.6 Å². The Morgan fingerprint density at radius 2 is 1.77 bits per heavy atom. The fourth-order valence-corrected chi connectivity index (χ4v) is 2.85. The third-order valence-corrected chi connectivity index (χ3v) is 4.33. The maximum absolute atomic E-state index is 12.6. The molecule has 9 heteroatoms. The molecule has 3 rings (SSSR count). The molecule has 0 radical (unpaired) electrons. The Labute approximate surface area is 148 Å². The molecule has 0 saturated carbocycles. The summed E-state index contributed by atoms with van der Waals surface area (Å²) in [6.07, 6.45) is -3.75. The van der Waals surface area contributed by atoms with Gasteiger partial charge in [0.15, 0.2) is 0 Å². The second-order valence-corrected chi connectivity index (χ2v) is 6.17. The van der Waals surface area contributed by atoms with Crippen LogP contribution in [-0.4, -0.2) is 58.6 Å². The fourth-order valence-electron chi connectivity index (χ4n) is 2.85. The molecule has 140 valence electrons. The van der Waals surface area contributed by atoms with E-state index < -0.39 is 11.7 Å². The maximum atomic E-state index is 12.6. The maximum Gasteiger partial charge on any atom is 0.416 e. The number of rotatable bonds is 4. The Hall–Kier alpha value is -2.42. The van der Waals surface area contributed by atoms with E-state index in [4.69, 9.17) is 4.42 Å². The predicted octanol–water partition coefficient (Wildman–Crippen LogP) is 2.40. The molecule has 6 nitrogen and oxygen atoms in total. The molecule has 1 aliphatic rings. The summed E-state index contributed by atoms with van der Waals surface area (Å²) >= 11 is 0. The third kappa shape index (κ3) is 4.40. The average Bonchev–Trinajstić information content (AvgIpc) is 3.04. The summed E-state index contributed by atoms with van der Waals surface area (Å²) < 4.78 is 43.1. The minimum absolute atomic E-state index is 0.245. The van der Waals surface area contributed by atoms with Crippen LogP contribution in [0.15, 0.2) is 28.7 Å². The summed E-state index contributed by atoms with van der Waals surface area (Å²) in [5.41, 5.74) is -0.483. The number of alkyl halides is 3. The van der Waals surface area contributed by atoms with Crippen LogP contribution in [0.5, 0.6) is 0 Å². The highest BCUT2D eigenvalue weighted by Crippen LogP contribution is 2.29. The number of hydrogen-bond acceptors (Lipinski definition) is 5. The van der Waals surface area contributed by atoms with E-state index in [2.05, 4.69) is 15.1 Å². The zero-order valence-corrected chi connectivity index (χ0v) is 14.3. The van der Waals surface area contributed by atoms with Gasteiger partial charge < -0.3 is 9.32 Å². The van der Waals surface area contributed by atoms with Crippen molar-refractivity contribution in [3.63, 3.8) is 0 Å². The predicted molar refractivity (Wildman–Crippen MR) is 86.5 cm³/mol. The quantitative estimate of drug-likeness (QED) is 0.829. The van der Waals surface area contributed by atoms with E-state index in [-0.39, 0.29) is 11.5 Å². The van der Waals surface area contributed by atoms with E-state index in [0.29, 0.717) is 44.4 Å². The molecule has 1 aromatic heterocycles. The van der Waals surface area contributed by atoms with Gasteiger partial charge in [-0.3, -0.25) is 9.69 Å². The third-order valence-electron chi connectivity index (χ3n) is 4.33. The molecule has 2 aromatic rings. The number of hydrogen-bond donors (Lipinski definition) is 0. The van der Waals surface area contributed by atoms with E-state index in [9.17, 15) is 18.0 Å². The first kappa shape index (κ1) is 18.4. The van der Waals surface area contributed by atoms with Crippen LogP contribution in [-0.2, 0) is 12.6 Å². The molecule has 1 aliphatic heterocycles. The van der Waals surface area contributed by atoms with Gasteiger partial charge in [0.1, 0.15) is 0 Å². The number of aryl methyl sites for hydroxylation is 1. The van der Waals surface area contributed by atoms with E-state index in [1.165, 1.54) is 12.1 Å². The van der Waals surface area contributed by atoms with Gasteiger partial charge in [-0.25, -0.2) is 0 Å². The molecule has 1 aromatic carbocycles. The second-order valence-electron chi connectivity index (χ2n) is 6.17. The number of aromatic nitrogens is 2. The highest BCUT2D eigenvalue weighted by atomic mass is 19.4. The van der Waals surface area contributed by atoms with Crippen molar-refractivity contribution in [1.82, 2.24) is 20.0 Å². The van der Waals surface area contributed by atoms with Gasteiger partial charge >= 0.3 is 6.18 Å². The van der Waals surface area contributed by atoms with Crippen molar-refractivity contribution in [3.05, 3.63) is 47.2 Å². The first-order chi connectivity index (χ1) is 12.3. The number of piperazine rings is 1. The lowest BCUT2D eigenvalue weighted by Crippen LogP contribution is -2.49. The summed E-state index contributed by atoms with van der Waals surface area (Å²) in [7, 11) is 0. The number of nitrogens with zero attached hydrogens (tertiary/aromatic N) is 4. The van der Waals surface area contributed by atoms with Gasteiger partial charge in [0.25, 0.3) is 5.91 Å². The summed E-state index contributed by atoms with van der Waals surface area (Å²) in [5, 5.41) is 7.73. The molecule has 0 spiro atoms. The molecule has 26 heavy (non-hydrogen) atoms. The lowest BCUT2D eigenvalue weighted by molar-refractivity contribution is -0.137. The molecule has 1 saturated heterocycles. The molecule has 1 amide bonds. The van der Waals surface area contributed by atoms with Crippen molar-refractivity contribution in [1.29, 1.82) is 0 Å². The van der Waals surface area contributed by atoms with Gasteiger partial charge in [-0.05, 0) is 24.3 Å². The van der Waals surface area contributed by atoms with Crippen LogP contribution in [0.4, 0.5) is 13.2 Å². The zero-order valence-electron chi connectivity index (χ0n) is 14.3. The van der Waals surface area contributed by atoms with Crippen LogP contribution in [0.3, 0.4) is 0 Å². The van der Waals surface area contributed by atoms with Crippen molar-refractivity contribution in [2.45, 2.75) is 19.5 Å². The fraction of sp³-hybridized carbons (Fsp3) is 0.471. The normalized spacial score (nSPS) is 16.1. The minimum Gasteiger partial charge on any atom is -0.426 e. The van der Waals surface area contributed by atoms with Gasteiger partial charge in [-0.2, -0.15) is 13.2 Å². The molecule has 2 heterocycles. The van der Waals surface area contributed by atoms with Crippen molar-refractivity contribution < 1.29 is 22.4 Å². The number of halogens is 3.